The summed E-state index contributed by atoms with van der Waals surface area (Å²) >= 11 is 1.99. The van der Waals surface area contributed by atoms with Crippen molar-refractivity contribution < 1.29 is 9.13 Å². The molecule has 128 valence electrons. The molecule has 2 saturated heterocycles. The Morgan fingerprint density at radius 1 is 1.29 bits per heavy atom. The van der Waals surface area contributed by atoms with Crippen LogP contribution in [0.3, 0.4) is 0 Å². The number of hydrogen-bond donors (Lipinski definition) is 1. The predicted octanol–water partition coefficient (Wildman–Crippen LogP) is 2.39. The molecular formula is C17H21FN4OS. The van der Waals surface area contributed by atoms with Gasteiger partial charge in [-0.3, -0.25) is 4.90 Å². The van der Waals surface area contributed by atoms with Gasteiger partial charge in [-0.15, -0.1) is 0 Å². The molecule has 0 spiro atoms. The number of hydrogen-bond acceptors (Lipinski definition) is 6. The molecule has 0 aliphatic carbocycles. The fourth-order valence-electron chi connectivity index (χ4n) is 3.59. The van der Waals surface area contributed by atoms with Crippen LogP contribution in [0.2, 0.25) is 0 Å². The molecule has 1 aromatic heterocycles. The first-order chi connectivity index (χ1) is 11.8. The molecule has 2 aliphatic heterocycles. The van der Waals surface area contributed by atoms with Gasteiger partial charge < -0.3 is 10.1 Å². The molecule has 5 nitrogen and oxygen atoms in total. The molecule has 0 amide bonds. The van der Waals surface area contributed by atoms with Crippen LogP contribution in [0.4, 0.5) is 10.2 Å². The van der Waals surface area contributed by atoms with E-state index in [9.17, 15) is 4.39 Å². The van der Waals surface area contributed by atoms with Crippen molar-refractivity contribution in [3.8, 4) is 0 Å². The van der Waals surface area contributed by atoms with Gasteiger partial charge in [0.05, 0.1) is 24.1 Å². The van der Waals surface area contributed by atoms with E-state index in [-0.39, 0.29) is 11.4 Å². The van der Waals surface area contributed by atoms with Gasteiger partial charge in [0, 0.05) is 30.9 Å². The van der Waals surface area contributed by atoms with E-state index < -0.39 is 0 Å². The Morgan fingerprint density at radius 2 is 2.17 bits per heavy atom. The third-order valence-corrected chi connectivity index (χ3v) is 6.20. The molecule has 1 atom stereocenters. The molecule has 24 heavy (non-hydrogen) atoms. The third-order valence-electron chi connectivity index (χ3n) is 4.96. The number of nitrogens with zero attached hydrogens (tertiary/aromatic N) is 3. The van der Waals surface area contributed by atoms with Crippen LogP contribution >= 0.6 is 11.8 Å². The summed E-state index contributed by atoms with van der Waals surface area (Å²) in [5.74, 6) is 2.56. The van der Waals surface area contributed by atoms with Crippen LogP contribution in [0.1, 0.15) is 6.42 Å². The van der Waals surface area contributed by atoms with E-state index in [0.29, 0.717) is 16.7 Å². The van der Waals surface area contributed by atoms with Crippen LogP contribution in [-0.4, -0.2) is 64.8 Å². The van der Waals surface area contributed by atoms with Crippen molar-refractivity contribution in [3.05, 3.63) is 30.3 Å². The van der Waals surface area contributed by atoms with Crippen molar-refractivity contribution in [2.24, 2.45) is 0 Å². The molecule has 0 bridgehead atoms. The number of ether oxygens (including phenoxy) is 1. The fraction of sp³-hybridized carbons (Fsp3) is 0.529. The molecule has 0 radical (unpaired) electrons. The quantitative estimate of drug-likeness (QED) is 0.916. The number of fused-ring (bicyclic) bond motifs is 1. The highest BCUT2D eigenvalue weighted by Crippen LogP contribution is 2.35. The second-order valence-electron chi connectivity index (χ2n) is 6.34. The second kappa shape index (κ2) is 6.82. The molecular weight excluding hydrogens is 327 g/mol. The summed E-state index contributed by atoms with van der Waals surface area (Å²) in [6.07, 6.45) is 2.63. The average molecular weight is 348 g/mol. The molecule has 3 heterocycles. The molecule has 0 unspecified atom stereocenters. The first kappa shape index (κ1) is 16.1. The summed E-state index contributed by atoms with van der Waals surface area (Å²) < 4.78 is 19.7. The highest BCUT2D eigenvalue weighted by atomic mass is 32.2. The zero-order valence-corrected chi connectivity index (χ0v) is 14.3. The first-order valence-corrected chi connectivity index (χ1v) is 9.48. The van der Waals surface area contributed by atoms with Gasteiger partial charge in [0.1, 0.15) is 18.0 Å². The summed E-state index contributed by atoms with van der Waals surface area (Å²) in [6, 6.07) is 4.95. The Balaban J connectivity index is 1.59. The minimum absolute atomic E-state index is 0.0942. The lowest BCUT2D eigenvalue weighted by Crippen LogP contribution is -2.57. The maximum atomic E-state index is 14.2. The normalized spacial score (nSPS) is 25.2. The minimum Gasteiger partial charge on any atom is -0.379 e. The Morgan fingerprint density at radius 3 is 2.96 bits per heavy atom. The van der Waals surface area contributed by atoms with Crippen LogP contribution in [0.5, 0.6) is 0 Å². The molecule has 1 N–H and O–H groups in total. The Bertz CT molecular complexity index is 712. The molecule has 1 aromatic carbocycles. The monoisotopic (exact) mass is 348 g/mol. The Labute approximate surface area is 145 Å². The third kappa shape index (κ3) is 2.96. The lowest BCUT2D eigenvalue weighted by molar-refractivity contribution is -0.00922. The maximum absolute atomic E-state index is 14.2. The summed E-state index contributed by atoms with van der Waals surface area (Å²) in [7, 11) is 0. The van der Waals surface area contributed by atoms with E-state index in [2.05, 4.69) is 20.2 Å². The van der Waals surface area contributed by atoms with E-state index >= 15 is 0 Å². The molecule has 2 aromatic rings. The zero-order valence-electron chi connectivity index (χ0n) is 13.5. The first-order valence-electron chi connectivity index (χ1n) is 8.32. The fourth-order valence-corrected chi connectivity index (χ4v) is 5.06. The van der Waals surface area contributed by atoms with E-state index in [0.717, 1.165) is 50.8 Å². The lowest BCUT2D eigenvalue weighted by Gasteiger charge is -2.43. The van der Waals surface area contributed by atoms with E-state index in [1.807, 2.05) is 17.8 Å². The average Bonchev–Trinajstić information content (AvgIpc) is 3.11. The molecule has 7 heteroatoms. The van der Waals surface area contributed by atoms with E-state index in [4.69, 9.17) is 4.74 Å². The summed E-state index contributed by atoms with van der Waals surface area (Å²) in [6.45, 7) is 4.26. The number of thioether (sulfide) groups is 1. The van der Waals surface area contributed by atoms with Crippen molar-refractivity contribution in [1.82, 2.24) is 14.9 Å². The number of aromatic nitrogens is 2. The Kier molecular flexibility index (Phi) is 4.56. The van der Waals surface area contributed by atoms with Crippen LogP contribution in [0.15, 0.2) is 24.5 Å². The molecule has 4 rings (SSSR count). The van der Waals surface area contributed by atoms with Gasteiger partial charge >= 0.3 is 0 Å². The van der Waals surface area contributed by atoms with Gasteiger partial charge in [-0.2, -0.15) is 11.8 Å². The van der Waals surface area contributed by atoms with Gasteiger partial charge in [0.15, 0.2) is 0 Å². The van der Waals surface area contributed by atoms with E-state index in [1.54, 1.807) is 6.07 Å². The predicted molar refractivity (Wildman–Crippen MR) is 95.1 cm³/mol. The van der Waals surface area contributed by atoms with Crippen molar-refractivity contribution in [1.29, 1.82) is 0 Å². The number of anilines is 1. The number of nitrogens with one attached hydrogen (secondary N) is 1. The summed E-state index contributed by atoms with van der Waals surface area (Å²) in [4.78, 5) is 11.0. The van der Waals surface area contributed by atoms with Gasteiger partial charge in [-0.25, -0.2) is 14.4 Å². The van der Waals surface area contributed by atoms with Crippen LogP contribution in [-0.2, 0) is 4.74 Å². The van der Waals surface area contributed by atoms with Gasteiger partial charge in [-0.1, -0.05) is 6.07 Å². The van der Waals surface area contributed by atoms with Crippen molar-refractivity contribution in [2.45, 2.75) is 12.0 Å². The highest BCUT2D eigenvalue weighted by Gasteiger charge is 2.40. The van der Waals surface area contributed by atoms with Crippen molar-refractivity contribution >= 4 is 28.5 Å². The van der Waals surface area contributed by atoms with Crippen LogP contribution in [0, 0.1) is 5.82 Å². The summed E-state index contributed by atoms with van der Waals surface area (Å²) in [5.41, 5.74) is 0.727. The molecule has 2 aliphatic rings. The van der Waals surface area contributed by atoms with Gasteiger partial charge in [0.2, 0.25) is 0 Å². The molecule has 0 saturated carbocycles. The summed E-state index contributed by atoms with van der Waals surface area (Å²) in [5, 5.41) is 3.90. The van der Waals surface area contributed by atoms with E-state index in [1.165, 1.54) is 12.4 Å². The number of morpholine rings is 1. The topological polar surface area (TPSA) is 50.3 Å². The standard InChI is InChI=1S/C17H21FN4OS/c18-13-2-1-3-14-15(13)16(21-12-20-14)19-10-17(4-9-24-11-17)22-5-7-23-8-6-22/h1-3,12H,4-11H2,(H,19,20,21)/t17-/m0/s1. The van der Waals surface area contributed by atoms with Crippen LogP contribution < -0.4 is 5.32 Å². The highest BCUT2D eigenvalue weighted by molar-refractivity contribution is 7.99. The Hall–Kier alpha value is -1.44. The van der Waals surface area contributed by atoms with Crippen molar-refractivity contribution in [2.75, 3.05) is 49.7 Å². The smallest absolute Gasteiger partial charge is 0.140 e. The molecule has 2 fully saturated rings. The number of benzene rings is 1. The second-order valence-corrected chi connectivity index (χ2v) is 7.44. The SMILES string of the molecule is Fc1cccc2ncnc(NC[C@@]3(N4CCOCC4)CCSC3)c12. The number of halogens is 1. The van der Waals surface area contributed by atoms with Gasteiger partial charge in [0.25, 0.3) is 0 Å². The zero-order chi connectivity index (χ0) is 16.4. The maximum Gasteiger partial charge on any atom is 0.140 e. The minimum atomic E-state index is -0.281. The lowest BCUT2D eigenvalue weighted by atomic mass is 9.95. The van der Waals surface area contributed by atoms with Crippen LogP contribution in [0.25, 0.3) is 10.9 Å². The number of rotatable bonds is 4. The van der Waals surface area contributed by atoms with Gasteiger partial charge in [-0.05, 0) is 24.3 Å². The van der Waals surface area contributed by atoms with Crippen molar-refractivity contribution in [3.63, 3.8) is 0 Å². The largest absolute Gasteiger partial charge is 0.379 e.